The van der Waals surface area contributed by atoms with Gasteiger partial charge in [0.2, 0.25) is 0 Å². The number of anilines is 1. The molecule has 6 rings (SSSR count). The van der Waals surface area contributed by atoms with E-state index in [1.165, 1.54) is 12.8 Å². The molecule has 2 atom stereocenters. The van der Waals surface area contributed by atoms with Gasteiger partial charge in [-0.2, -0.15) is 0 Å². The average Bonchev–Trinajstić information content (AvgIpc) is 3.24. The Labute approximate surface area is 278 Å². The van der Waals surface area contributed by atoms with Crippen LogP contribution in [0, 0.1) is 25.7 Å². The van der Waals surface area contributed by atoms with Gasteiger partial charge in [-0.3, -0.25) is 9.80 Å². The highest BCUT2D eigenvalue weighted by Gasteiger charge is 2.52. The number of carbonyl (C=O) groups excluding carboxylic acids is 3. The number of hydrogen-bond acceptors (Lipinski definition) is 6. The highest BCUT2D eigenvalue weighted by atomic mass is 35.5. The van der Waals surface area contributed by atoms with Gasteiger partial charge in [-0.15, -0.1) is 0 Å². The third-order valence-electron chi connectivity index (χ3n) is 11.0. The fourth-order valence-electron chi connectivity index (χ4n) is 8.54. The number of carbonyl (C=O) groups is 3. The van der Waals surface area contributed by atoms with E-state index in [0.29, 0.717) is 31.8 Å². The molecular weight excluding hydrogens is 602 g/mol. The minimum atomic E-state index is -0.869. The molecule has 0 radical (unpaired) electrons. The molecule has 4 aliphatic rings. The largest absolute Gasteiger partial charge is 0.445 e. The maximum Gasteiger partial charge on any atom is 0.411 e. The Balaban J connectivity index is 1.24. The zero-order chi connectivity index (χ0) is 32.3. The molecule has 4 aliphatic heterocycles. The number of amides is 3. The molecule has 3 amide bonds. The number of halogens is 1. The Morgan fingerprint density at radius 3 is 2.41 bits per heavy atom. The van der Waals surface area contributed by atoms with Crippen LogP contribution in [-0.2, 0) is 22.6 Å². The van der Waals surface area contributed by atoms with Crippen molar-refractivity contribution in [2.45, 2.75) is 83.5 Å². The monoisotopic (exact) mass is 649 g/mol. The molecule has 2 aromatic rings. The maximum atomic E-state index is 14.0. The second kappa shape index (κ2) is 14.3. The molecule has 0 aromatic heterocycles. The number of para-hydroxylation sites is 1. The minimum Gasteiger partial charge on any atom is -0.445 e. The average molecular weight is 650 g/mol. The first-order chi connectivity index (χ1) is 22.3. The fraction of sp³-hybridized carbons (Fsp3) is 0.583. The molecule has 0 aliphatic carbocycles. The lowest BCUT2D eigenvalue weighted by Gasteiger charge is -2.56. The van der Waals surface area contributed by atoms with Crippen molar-refractivity contribution in [1.29, 1.82) is 0 Å². The summed E-state index contributed by atoms with van der Waals surface area (Å²) in [6.07, 6.45) is 7.08. The van der Waals surface area contributed by atoms with Crippen LogP contribution < -0.4 is 10.6 Å². The summed E-state index contributed by atoms with van der Waals surface area (Å²) in [4.78, 5) is 46.3. The molecule has 3 fully saturated rings. The van der Waals surface area contributed by atoms with E-state index in [0.717, 1.165) is 90.6 Å². The van der Waals surface area contributed by atoms with E-state index in [1.54, 1.807) is 0 Å². The Morgan fingerprint density at radius 1 is 1.00 bits per heavy atom. The third-order valence-corrected chi connectivity index (χ3v) is 11.6. The summed E-state index contributed by atoms with van der Waals surface area (Å²) < 4.78 is 5.99. The maximum absolute atomic E-state index is 14.0. The van der Waals surface area contributed by atoms with Crippen molar-refractivity contribution in [3.8, 4) is 0 Å². The van der Waals surface area contributed by atoms with Crippen LogP contribution in [0.4, 0.5) is 15.3 Å². The van der Waals surface area contributed by atoms with Gasteiger partial charge in [-0.05, 0) is 106 Å². The van der Waals surface area contributed by atoms with Crippen LogP contribution in [0.25, 0.3) is 0 Å². The number of piperidine rings is 3. The summed E-state index contributed by atoms with van der Waals surface area (Å²) >= 11 is 6.39. The molecule has 4 heterocycles. The van der Waals surface area contributed by atoms with Crippen molar-refractivity contribution in [3.05, 3.63) is 63.7 Å². The Kier molecular flexibility index (Phi) is 10.2. The van der Waals surface area contributed by atoms with Gasteiger partial charge in [-0.1, -0.05) is 41.9 Å². The topological polar surface area (TPSA) is 94.2 Å². The molecular formula is C36H48ClN5O4. The number of likely N-dealkylation sites (tertiary alicyclic amines) is 2. The molecule has 46 heavy (non-hydrogen) atoms. The normalized spacial score (nSPS) is 25.0. The number of fused-ring (bicyclic) bond motifs is 1. The van der Waals surface area contributed by atoms with E-state index in [9.17, 15) is 14.4 Å². The number of urea groups is 1. The van der Waals surface area contributed by atoms with Gasteiger partial charge in [0.1, 0.15) is 18.6 Å². The van der Waals surface area contributed by atoms with Gasteiger partial charge >= 0.3 is 12.1 Å². The first-order valence-corrected chi connectivity index (χ1v) is 17.4. The van der Waals surface area contributed by atoms with Crippen molar-refractivity contribution in [3.63, 3.8) is 0 Å². The zero-order valence-corrected chi connectivity index (χ0v) is 28.0. The van der Waals surface area contributed by atoms with Crippen LogP contribution in [0.2, 0.25) is 5.02 Å². The number of aryl methyl sites for hydroxylation is 2. The first kappa shape index (κ1) is 32.8. The van der Waals surface area contributed by atoms with Gasteiger partial charge in [0.15, 0.2) is 0 Å². The standard InChI is InChI=1S/C36H48ClN5O4/c1-25-21-27(22-26(2)33(25)37)24-46-35(45)42-19-12-31(41-18-11-30-5-3-4-6-32(30)39-34(41)44)23-36(42,13-20-43)40-16-9-29(10-17-40)28-7-14-38-15-8-28/h3-6,20-22,28-29,31,38H,7-19,23-24H2,1-2H3,(H,39,44)/t31-,36+/m1/s1. The zero-order valence-electron chi connectivity index (χ0n) is 27.2. The summed E-state index contributed by atoms with van der Waals surface area (Å²) in [6.45, 7) is 8.79. The van der Waals surface area contributed by atoms with Crippen LogP contribution in [-0.4, -0.2) is 84.1 Å². The molecule has 0 unspecified atom stereocenters. The molecule has 248 valence electrons. The van der Waals surface area contributed by atoms with Gasteiger partial charge < -0.3 is 25.1 Å². The number of ether oxygens (including phenoxy) is 1. The molecule has 9 nitrogen and oxygen atoms in total. The quantitative estimate of drug-likeness (QED) is 0.350. The number of nitrogens with zero attached hydrogens (tertiary/aromatic N) is 3. The van der Waals surface area contributed by atoms with E-state index >= 15 is 0 Å². The molecule has 0 saturated carbocycles. The summed E-state index contributed by atoms with van der Waals surface area (Å²) in [5.74, 6) is 1.37. The fourth-order valence-corrected chi connectivity index (χ4v) is 8.65. The second-order valence-corrected chi connectivity index (χ2v) is 14.1. The third kappa shape index (κ3) is 6.78. The van der Waals surface area contributed by atoms with Gasteiger partial charge in [0.25, 0.3) is 0 Å². The summed E-state index contributed by atoms with van der Waals surface area (Å²) in [6, 6.07) is 11.6. The smallest absolute Gasteiger partial charge is 0.411 e. The van der Waals surface area contributed by atoms with Crippen molar-refractivity contribution in [2.24, 2.45) is 11.8 Å². The molecule has 10 heteroatoms. The van der Waals surface area contributed by atoms with Crippen LogP contribution in [0.1, 0.15) is 67.2 Å². The van der Waals surface area contributed by atoms with Gasteiger partial charge in [0, 0.05) is 55.8 Å². The number of rotatable bonds is 7. The van der Waals surface area contributed by atoms with Crippen LogP contribution in [0.15, 0.2) is 36.4 Å². The van der Waals surface area contributed by atoms with E-state index < -0.39 is 11.8 Å². The lowest BCUT2D eigenvalue weighted by atomic mass is 9.77. The molecule has 0 bridgehead atoms. The van der Waals surface area contributed by atoms with Crippen LogP contribution in [0.3, 0.4) is 0 Å². The molecule has 2 N–H and O–H groups in total. The number of nitrogens with one attached hydrogen (secondary N) is 2. The second-order valence-electron chi connectivity index (χ2n) is 13.7. The number of aldehydes is 1. The van der Waals surface area contributed by atoms with E-state index in [1.807, 2.05) is 54.0 Å². The predicted molar refractivity (Wildman–Crippen MR) is 180 cm³/mol. The van der Waals surface area contributed by atoms with Crippen LogP contribution >= 0.6 is 11.6 Å². The highest BCUT2D eigenvalue weighted by Crippen LogP contribution is 2.41. The number of benzene rings is 2. The minimum absolute atomic E-state index is 0.121. The van der Waals surface area contributed by atoms with Crippen molar-refractivity contribution < 1.29 is 19.1 Å². The van der Waals surface area contributed by atoms with E-state index in [2.05, 4.69) is 21.6 Å². The Morgan fingerprint density at radius 2 is 1.70 bits per heavy atom. The van der Waals surface area contributed by atoms with Gasteiger partial charge in [-0.25, -0.2) is 9.59 Å². The van der Waals surface area contributed by atoms with E-state index in [4.69, 9.17) is 16.3 Å². The van der Waals surface area contributed by atoms with Crippen molar-refractivity contribution >= 4 is 35.7 Å². The van der Waals surface area contributed by atoms with Crippen molar-refractivity contribution in [2.75, 3.05) is 44.6 Å². The summed E-state index contributed by atoms with van der Waals surface area (Å²) in [7, 11) is 0. The molecule has 2 aromatic carbocycles. The number of hydrogen-bond donors (Lipinski definition) is 2. The summed E-state index contributed by atoms with van der Waals surface area (Å²) in [5.41, 5.74) is 3.87. The first-order valence-electron chi connectivity index (χ1n) is 17.0. The lowest BCUT2D eigenvalue weighted by molar-refractivity contribution is -0.128. The van der Waals surface area contributed by atoms with Crippen molar-refractivity contribution in [1.82, 2.24) is 20.0 Å². The highest BCUT2D eigenvalue weighted by molar-refractivity contribution is 6.32. The van der Waals surface area contributed by atoms with Crippen LogP contribution in [0.5, 0.6) is 0 Å². The predicted octanol–water partition coefficient (Wildman–Crippen LogP) is 6.14. The van der Waals surface area contributed by atoms with E-state index in [-0.39, 0.29) is 25.1 Å². The Bertz CT molecular complexity index is 1400. The molecule has 0 spiro atoms. The summed E-state index contributed by atoms with van der Waals surface area (Å²) in [5, 5.41) is 7.33. The Hall–Kier alpha value is -3.14. The van der Waals surface area contributed by atoms with Gasteiger partial charge in [0.05, 0.1) is 0 Å². The molecule has 3 saturated heterocycles. The lowest BCUT2D eigenvalue weighted by Crippen LogP contribution is -2.69. The SMILES string of the molecule is Cc1cc(COC(=O)N2CC[C@@H](N3CCc4ccccc4NC3=O)C[C@@]2(CC=O)N2CCC(C3CCNCC3)CC2)cc(C)c1Cl.